The number of hydrogen-bond acceptors (Lipinski definition) is 3. The molecule has 1 aliphatic rings. The van der Waals surface area contributed by atoms with Crippen LogP contribution in [0.4, 0.5) is 0 Å². The van der Waals surface area contributed by atoms with Gasteiger partial charge in [0.25, 0.3) is 0 Å². The molecule has 0 saturated heterocycles. The number of guanidine groups is 1. The largest absolute Gasteiger partial charge is 0.497 e. The smallest absolute Gasteiger partial charge is 0.191 e. The summed E-state index contributed by atoms with van der Waals surface area (Å²) in [5.41, 5.74) is 2.89. The fourth-order valence-corrected chi connectivity index (χ4v) is 3.62. The molecular formula is C23H32N4O. The van der Waals surface area contributed by atoms with E-state index in [1.807, 2.05) is 19.2 Å². The van der Waals surface area contributed by atoms with E-state index in [1.165, 1.54) is 24.0 Å². The van der Waals surface area contributed by atoms with Crippen molar-refractivity contribution in [1.29, 1.82) is 0 Å². The van der Waals surface area contributed by atoms with Gasteiger partial charge in [0.1, 0.15) is 5.75 Å². The van der Waals surface area contributed by atoms with Crippen molar-refractivity contribution in [2.75, 3.05) is 41.3 Å². The molecule has 3 rings (SSSR count). The van der Waals surface area contributed by atoms with Crippen molar-refractivity contribution in [3.05, 3.63) is 65.7 Å². The van der Waals surface area contributed by atoms with Crippen LogP contribution in [0, 0.1) is 0 Å². The van der Waals surface area contributed by atoms with E-state index < -0.39 is 0 Å². The van der Waals surface area contributed by atoms with E-state index in [-0.39, 0.29) is 11.5 Å². The lowest BCUT2D eigenvalue weighted by Gasteiger charge is -2.27. The summed E-state index contributed by atoms with van der Waals surface area (Å²) in [4.78, 5) is 6.63. The second-order valence-corrected chi connectivity index (χ2v) is 7.71. The van der Waals surface area contributed by atoms with Crippen LogP contribution in [-0.2, 0) is 5.41 Å². The molecule has 1 saturated carbocycles. The first-order chi connectivity index (χ1) is 13.6. The third-order valence-corrected chi connectivity index (χ3v) is 5.62. The van der Waals surface area contributed by atoms with Crippen molar-refractivity contribution in [2.24, 2.45) is 4.99 Å². The SMILES string of the molecule is CN=C(NCC(c1cccc(OC)c1)N(C)C)NCC1(c2ccccc2)CC1. The van der Waals surface area contributed by atoms with Crippen LogP contribution in [0.2, 0.25) is 0 Å². The highest BCUT2D eigenvalue weighted by atomic mass is 16.5. The van der Waals surface area contributed by atoms with Crippen molar-refractivity contribution >= 4 is 5.96 Å². The Morgan fingerprint density at radius 3 is 2.46 bits per heavy atom. The first kappa shape index (κ1) is 20.2. The van der Waals surface area contributed by atoms with Crippen LogP contribution in [0.3, 0.4) is 0 Å². The van der Waals surface area contributed by atoms with Crippen molar-refractivity contribution in [3.8, 4) is 5.75 Å². The summed E-state index contributed by atoms with van der Waals surface area (Å²) in [6, 6.07) is 19.3. The molecule has 0 heterocycles. The zero-order chi connectivity index (χ0) is 20.0. The Labute approximate surface area is 168 Å². The fourth-order valence-electron chi connectivity index (χ4n) is 3.62. The molecule has 0 aliphatic heterocycles. The fraction of sp³-hybridized carbons (Fsp3) is 0.435. The molecule has 2 aromatic carbocycles. The summed E-state index contributed by atoms with van der Waals surface area (Å²) < 4.78 is 5.38. The lowest BCUT2D eigenvalue weighted by atomic mass is 9.96. The lowest BCUT2D eigenvalue weighted by molar-refractivity contribution is 0.297. The Hall–Kier alpha value is -2.53. The molecule has 2 aromatic rings. The van der Waals surface area contributed by atoms with Gasteiger partial charge in [-0.2, -0.15) is 0 Å². The molecule has 28 heavy (non-hydrogen) atoms. The van der Waals surface area contributed by atoms with Gasteiger partial charge in [-0.15, -0.1) is 0 Å². The second kappa shape index (κ2) is 9.11. The van der Waals surface area contributed by atoms with Gasteiger partial charge < -0.3 is 20.3 Å². The standard InChI is InChI=1S/C23H32N4O/c1-24-22(26-17-23(13-14-23)19-10-6-5-7-11-19)25-16-21(27(2)3)18-9-8-12-20(15-18)28-4/h5-12,15,21H,13-14,16-17H2,1-4H3,(H2,24,25,26). The number of rotatable bonds is 8. The number of methoxy groups -OCH3 is 1. The third kappa shape index (κ3) is 4.84. The molecule has 0 aromatic heterocycles. The first-order valence-electron chi connectivity index (χ1n) is 9.88. The summed E-state index contributed by atoms with van der Waals surface area (Å²) in [7, 11) is 7.72. The topological polar surface area (TPSA) is 48.9 Å². The molecule has 5 nitrogen and oxygen atoms in total. The van der Waals surface area contributed by atoms with Crippen molar-refractivity contribution in [3.63, 3.8) is 0 Å². The van der Waals surface area contributed by atoms with Gasteiger partial charge in [-0.25, -0.2) is 0 Å². The lowest BCUT2D eigenvalue weighted by Crippen LogP contribution is -2.44. The highest BCUT2D eigenvalue weighted by Gasteiger charge is 2.44. The van der Waals surface area contributed by atoms with Crippen molar-refractivity contribution in [2.45, 2.75) is 24.3 Å². The molecule has 0 bridgehead atoms. The van der Waals surface area contributed by atoms with Gasteiger partial charge in [-0.3, -0.25) is 4.99 Å². The number of nitrogens with zero attached hydrogens (tertiary/aromatic N) is 2. The molecule has 0 amide bonds. The quantitative estimate of drug-likeness (QED) is 0.545. The van der Waals surface area contributed by atoms with Crippen LogP contribution in [0.15, 0.2) is 59.6 Å². The normalized spacial score (nSPS) is 16.5. The summed E-state index contributed by atoms with van der Waals surface area (Å²) in [5.74, 6) is 1.72. The zero-order valence-corrected chi connectivity index (χ0v) is 17.4. The molecule has 5 heteroatoms. The summed E-state index contributed by atoms with van der Waals surface area (Å²) in [6.45, 7) is 1.67. The average Bonchev–Trinajstić information content (AvgIpc) is 3.52. The average molecular weight is 381 g/mol. The predicted molar refractivity (Wildman–Crippen MR) is 116 cm³/mol. The predicted octanol–water partition coefficient (Wildman–Crippen LogP) is 3.19. The number of aliphatic imine (C=N–C) groups is 1. The van der Waals surface area contributed by atoms with Gasteiger partial charge in [0, 0.05) is 25.6 Å². The van der Waals surface area contributed by atoms with E-state index in [0.717, 1.165) is 24.8 Å². The maximum Gasteiger partial charge on any atom is 0.191 e. The molecule has 150 valence electrons. The van der Waals surface area contributed by atoms with Gasteiger partial charge in [-0.05, 0) is 50.2 Å². The Morgan fingerprint density at radius 1 is 1.11 bits per heavy atom. The molecule has 1 unspecified atom stereocenters. The summed E-state index contributed by atoms with van der Waals surface area (Å²) >= 11 is 0. The first-order valence-corrected chi connectivity index (χ1v) is 9.88. The van der Waals surface area contributed by atoms with E-state index in [1.54, 1.807) is 7.11 Å². The van der Waals surface area contributed by atoms with E-state index in [9.17, 15) is 0 Å². The van der Waals surface area contributed by atoms with Crippen LogP contribution < -0.4 is 15.4 Å². The second-order valence-electron chi connectivity index (χ2n) is 7.71. The highest BCUT2D eigenvalue weighted by Crippen LogP contribution is 2.47. The van der Waals surface area contributed by atoms with E-state index in [2.05, 4.69) is 77.1 Å². The zero-order valence-electron chi connectivity index (χ0n) is 17.4. The molecule has 0 radical (unpaired) electrons. The van der Waals surface area contributed by atoms with E-state index >= 15 is 0 Å². The molecule has 2 N–H and O–H groups in total. The Kier molecular flexibility index (Phi) is 6.57. The van der Waals surface area contributed by atoms with Crippen LogP contribution >= 0.6 is 0 Å². The van der Waals surface area contributed by atoms with Crippen LogP contribution in [0.25, 0.3) is 0 Å². The molecule has 1 atom stereocenters. The van der Waals surface area contributed by atoms with E-state index in [0.29, 0.717) is 0 Å². The maximum atomic E-state index is 5.38. The maximum absolute atomic E-state index is 5.38. The minimum absolute atomic E-state index is 0.220. The van der Waals surface area contributed by atoms with E-state index in [4.69, 9.17) is 4.74 Å². The van der Waals surface area contributed by atoms with Gasteiger partial charge in [0.2, 0.25) is 0 Å². The third-order valence-electron chi connectivity index (χ3n) is 5.62. The molecule has 1 fully saturated rings. The molecule has 0 spiro atoms. The molecular weight excluding hydrogens is 348 g/mol. The van der Waals surface area contributed by atoms with Gasteiger partial charge in [0.05, 0.1) is 13.2 Å². The number of likely N-dealkylation sites (N-methyl/N-ethyl adjacent to an activating group) is 1. The van der Waals surface area contributed by atoms with Crippen LogP contribution in [0.5, 0.6) is 5.75 Å². The minimum atomic E-state index is 0.220. The van der Waals surface area contributed by atoms with Crippen molar-refractivity contribution < 1.29 is 4.74 Å². The van der Waals surface area contributed by atoms with Crippen LogP contribution in [0.1, 0.15) is 30.0 Å². The van der Waals surface area contributed by atoms with Gasteiger partial charge in [-0.1, -0.05) is 42.5 Å². The number of ether oxygens (including phenoxy) is 1. The Bertz CT molecular complexity index is 784. The Balaban J connectivity index is 1.59. The summed E-state index contributed by atoms with van der Waals surface area (Å²) in [6.07, 6.45) is 2.45. The summed E-state index contributed by atoms with van der Waals surface area (Å²) in [5, 5.41) is 7.03. The molecule has 1 aliphatic carbocycles. The number of benzene rings is 2. The van der Waals surface area contributed by atoms with Crippen LogP contribution in [-0.4, -0.2) is 52.2 Å². The monoisotopic (exact) mass is 380 g/mol. The van der Waals surface area contributed by atoms with Gasteiger partial charge >= 0.3 is 0 Å². The minimum Gasteiger partial charge on any atom is -0.497 e. The number of hydrogen-bond donors (Lipinski definition) is 2. The van der Waals surface area contributed by atoms with Crippen molar-refractivity contribution in [1.82, 2.24) is 15.5 Å². The Morgan fingerprint density at radius 2 is 1.86 bits per heavy atom. The highest BCUT2D eigenvalue weighted by molar-refractivity contribution is 5.79. The van der Waals surface area contributed by atoms with Gasteiger partial charge in [0.15, 0.2) is 5.96 Å². The number of nitrogens with one attached hydrogen (secondary N) is 2.